The number of aromatic amines is 1. The number of nitrogens with zero attached hydrogens (tertiary/aromatic N) is 1. The molecule has 1 heterocycles. The van der Waals surface area contributed by atoms with E-state index in [1.54, 1.807) is 36.7 Å². The van der Waals surface area contributed by atoms with Gasteiger partial charge >= 0.3 is 0 Å². The molecule has 0 bridgehead atoms. The van der Waals surface area contributed by atoms with Crippen molar-refractivity contribution in [2.45, 2.75) is 13.0 Å². The van der Waals surface area contributed by atoms with Gasteiger partial charge in [0.05, 0.1) is 17.8 Å². The largest absolute Gasteiger partial charge is 0.489 e. The molecule has 0 saturated carbocycles. The SMILES string of the molecule is C=CCOc1ccccc1C(=O)NC(C)c1cn[nH]c1. The number of carbonyl (C=O) groups excluding carboxylic acids is 1. The van der Waals surface area contributed by atoms with Crippen molar-refractivity contribution in [2.24, 2.45) is 0 Å². The Kier molecular flexibility index (Phi) is 4.55. The maximum atomic E-state index is 12.3. The summed E-state index contributed by atoms with van der Waals surface area (Å²) in [4.78, 5) is 12.3. The van der Waals surface area contributed by atoms with Crippen LogP contribution in [0.4, 0.5) is 0 Å². The zero-order valence-electron chi connectivity index (χ0n) is 11.3. The Morgan fingerprint density at radius 1 is 1.55 bits per heavy atom. The number of hydrogen-bond donors (Lipinski definition) is 2. The predicted octanol–water partition coefficient (Wildman–Crippen LogP) is 2.47. The third kappa shape index (κ3) is 3.26. The van der Waals surface area contributed by atoms with Gasteiger partial charge in [0, 0.05) is 11.8 Å². The van der Waals surface area contributed by atoms with Gasteiger partial charge in [-0.3, -0.25) is 9.89 Å². The number of nitrogens with one attached hydrogen (secondary N) is 2. The number of carbonyl (C=O) groups is 1. The van der Waals surface area contributed by atoms with Crippen molar-refractivity contribution in [3.05, 3.63) is 60.4 Å². The second kappa shape index (κ2) is 6.56. The molecule has 5 heteroatoms. The highest BCUT2D eigenvalue weighted by Gasteiger charge is 2.15. The minimum Gasteiger partial charge on any atom is -0.489 e. The second-order valence-electron chi connectivity index (χ2n) is 4.32. The Morgan fingerprint density at radius 3 is 3.05 bits per heavy atom. The van der Waals surface area contributed by atoms with Crippen LogP contribution in [0.25, 0.3) is 0 Å². The summed E-state index contributed by atoms with van der Waals surface area (Å²) in [7, 11) is 0. The molecule has 1 aromatic carbocycles. The van der Waals surface area contributed by atoms with Crippen LogP contribution in [-0.4, -0.2) is 22.7 Å². The van der Waals surface area contributed by atoms with Crippen molar-refractivity contribution in [3.8, 4) is 5.75 Å². The topological polar surface area (TPSA) is 67.0 Å². The first-order chi connectivity index (χ1) is 9.72. The molecule has 1 aromatic heterocycles. The number of benzene rings is 1. The first kappa shape index (κ1) is 13.9. The summed E-state index contributed by atoms with van der Waals surface area (Å²) in [6, 6.07) is 7.00. The van der Waals surface area contributed by atoms with Crippen LogP contribution in [0, 0.1) is 0 Å². The minimum atomic E-state index is -0.182. The minimum absolute atomic E-state index is 0.131. The van der Waals surface area contributed by atoms with E-state index in [9.17, 15) is 4.79 Å². The van der Waals surface area contributed by atoms with Crippen LogP contribution in [0.3, 0.4) is 0 Å². The molecule has 2 N–H and O–H groups in total. The van der Waals surface area contributed by atoms with E-state index >= 15 is 0 Å². The van der Waals surface area contributed by atoms with Crippen molar-refractivity contribution >= 4 is 5.91 Å². The zero-order valence-corrected chi connectivity index (χ0v) is 11.3. The maximum Gasteiger partial charge on any atom is 0.255 e. The van der Waals surface area contributed by atoms with Gasteiger partial charge in [0.25, 0.3) is 5.91 Å². The van der Waals surface area contributed by atoms with E-state index in [1.807, 2.05) is 13.0 Å². The number of hydrogen-bond acceptors (Lipinski definition) is 3. The summed E-state index contributed by atoms with van der Waals surface area (Å²) in [6.45, 7) is 5.86. The monoisotopic (exact) mass is 271 g/mol. The number of rotatable bonds is 6. The van der Waals surface area contributed by atoms with Crippen LogP contribution < -0.4 is 10.1 Å². The first-order valence-corrected chi connectivity index (χ1v) is 6.34. The molecule has 1 amide bonds. The highest BCUT2D eigenvalue weighted by Crippen LogP contribution is 2.19. The van der Waals surface area contributed by atoms with Gasteiger partial charge in [0.15, 0.2) is 0 Å². The van der Waals surface area contributed by atoms with Gasteiger partial charge in [-0.1, -0.05) is 24.8 Å². The molecule has 0 saturated heterocycles. The summed E-state index contributed by atoms with van der Waals surface area (Å²) >= 11 is 0. The molecule has 5 nitrogen and oxygen atoms in total. The summed E-state index contributed by atoms with van der Waals surface area (Å²) in [5.74, 6) is 0.364. The van der Waals surface area contributed by atoms with Gasteiger partial charge in [-0.25, -0.2) is 0 Å². The lowest BCUT2D eigenvalue weighted by atomic mass is 10.1. The van der Waals surface area contributed by atoms with Gasteiger partial charge in [-0.2, -0.15) is 5.10 Å². The Labute approximate surface area is 117 Å². The number of para-hydroxylation sites is 1. The second-order valence-corrected chi connectivity index (χ2v) is 4.32. The van der Waals surface area contributed by atoms with Gasteiger partial charge < -0.3 is 10.1 Å². The van der Waals surface area contributed by atoms with Crippen molar-refractivity contribution in [3.63, 3.8) is 0 Å². The van der Waals surface area contributed by atoms with Crippen molar-refractivity contribution < 1.29 is 9.53 Å². The van der Waals surface area contributed by atoms with E-state index in [0.717, 1.165) is 5.56 Å². The normalized spacial score (nSPS) is 11.7. The lowest BCUT2D eigenvalue weighted by Crippen LogP contribution is -2.26. The average molecular weight is 271 g/mol. The van der Waals surface area contributed by atoms with Crippen molar-refractivity contribution in [2.75, 3.05) is 6.61 Å². The lowest BCUT2D eigenvalue weighted by molar-refractivity contribution is 0.0936. The molecule has 104 valence electrons. The highest BCUT2D eigenvalue weighted by atomic mass is 16.5. The van der Waals surface area contributed by atoms with Gasteiger partial charge in [0.2, 0.25) is 0 Å². The molecule has 0 spiro atoms. The Hall–Kier alpha value is -2.56. The quantitative estimate of drug-likeness (QED) is 0.793. The predicted molar refractivity (Wildman–Crippen MR) is 76.6 cm³/mol. The van der Waals surface area contributed by atoms with Gasteiger partial charge in [0.1, 0.15) is 12.4 Å². The fourth-order valence-corrected chi connectivity index (χ4v) is 1.78. The third-order valence-corrected chi connectivity index (χ3v) is 2.86. The van der Waals surface area contributed by atoms with E-state index in [-0.39, 0.29) is 11.9 Å². The van der Waals surface area contributed by atoms with Gasteiger partial charge in [-0.05, 0) is 19.1 Å². The number of H-pyrrole nitrogens is 1. The molecule has 0 aliphatic rings. The first-order valence-electron chi connectivity index (χ1n) is 6.34. The van der Waals surface area contributed by atoms with E-state index in [0.29, 0.717) is 17.9 Å². The fourth-order valence-electron chi connectivity index (χ4n) is 1.78. The molecular formula is C15H17N3O2. The van der Waals surface area contributed by atoms with E-state index < -0.39 is 0 Å². The zero-order chi connectivity index (χ0) is 14.4. The molecule has 2 aromatic rings. The average Bonchev–Trinajstić information content (AvgIpc) is 2.99. The van der Waals surface area contributed by atoms with Crippen LogP contribution in [-0.2, 0) is 0 Å². The van der Waals surface area contributed by atoms with Crippen molar-refractivity contribution in [1.82, 2.24) is 15.5 Å². The third-order valence-electron chi connectivity index (χ3n) is 2.86. The van der Waals surface area contributed by atoms with E-state index in [4.69, 9.17) is 4.74 Å². The molecule has 0 fully saturated rings. The Morgan fingerprint density at radius 2 is 2.35 bits per heavy atom. The molecule has 0 radical (unpaired) electrons. The van der Waals surface area contributed by atoms with Crippen LogP contribution in [0.2, 0.25) is 0 Å². The number of amides is 1. The summed E-state index contributed by atoms with van der Waals surface area (Å²) < 4.78 is 5.48. The standard InChI is InChI=1S/C15H17N3O2/c1-3-8-20-14-7-5-4-6-13(14)15(19)18-11(2)12-9-16-17-10-12/h3-7,9-11H,1,8H2,2H3,(H,16,17)(H,18,19). The van der Waals surface area contributed by atoms with Crippen LogP contribution in [0.15, 0.2) is 49.3 Å². The summed E-state index contributed by atoms with van der Waals surface area (Å²) in [6.07, 6.45) is 5.08. The molecule has 1 unspecified atom stereocenters. The van der Waals surface area contributed by atoms with Crippen LogP contribution in [0.1, 0.15) is 28.9 Å². The van der Waals surface area contributed by atoms with Crippen LogP contribution in [0.5, 0.6) is 5.75 Å². The van der Waals surface area contributed by atoms with E-state index in [2.05, 4.69) is 22.1 Å². The Bertz CT molecular complexity index is 579. The molecular weight excluding hydrogens is 254 g/mol. The Balaban J connectivity index is 2.10. The summed E-state index contributed by atoms with van der Waals surface area (Å²) in [5.41, 5.74) is 1.42. The molecule has 20 heavy (non-hydrogen) atoms. The molecule has 0 aliphatic carbocycles. The maximum absolute atomic E-state index is 12.3. The van der Waals surface area contributed by atoms with Gasteiger partial charge in [-0.15, -0.1) is 0 Å². The molecule has 1 atom stereocenters. The fraction of sp³-hybridized carbons (Fsp3) is 0.200. The summed E-state index contributed by atoms with van der Waals surface area (Å²) in [5, 5.41) is 9.51. The number of ether oxygens (including phenoxy) is 1. The van der Waals surface area contributed by atoms with E-state index in [1.165, 1.54) is 0 Å². The van der Waals surface area contributed by atoms with Crippen LogP contribution >= 0.6 is 0 Å². The van der Waals surface area contributed by atoms with Crippen molar-refractivity contribution in [1.29, 1.82) is 0 Å². The molecule has 0 aliphatic heterocycles. The smallest absolute Gasteiger partial charge is 0.255 e. The highest BCUT2D eigenvalue weighted by molar-refractivity contribution is 5.97. The lowest BCUT2D eigenvalue weighted by Gasteiger charge is -2.14. The molecule has 2 rings (SSSR count). The number of aromatic nitrogens is 2.